The Morgan fingerprint density at radius 1 is 1.02 bits per heavy atom. The molecule has 3 aliphatic rings. The Labute approximate surface area is 233 Å². The van der Waals surface area contributed by atoms with Crippen molar-refractivity contribution in [2.75, 3.05) is 18.4 Å². The third kappa shape index (κ3) is 3.42. The number of pyridine rings is 1. The molecular weight excluding hydrogens is 523 g/mol. The van der Waals surface area contributed by atoms with Crippen LogP contribution in [0.2, 0.25) is 0 Å². The van der Waals surface area contributed by atoms with Gasteiger partial charge in [0.05, 0.1) is 41.7 Å². The number of rotatable bonds is 3. The van der Waals surface area contributed by atoms with Crippen LogP contribution in [0, 0.1) is 5.82 Å². The summed E-state index contributed by atoms with van der Waals surface area (Å²) in [6, 6.07) is 14.5. The highest BCUT2D eigenvalue weighted by atomic mass is 19.1. The molecule has 0 radical (unpaired) electrons. The SMILES string of the molecule is CC(=O)[N+]12CCC(CC1)c1nn(CC(=O)Nc3cccn4nccc34)c3cccc(c13)-c1cc3c(cnn32)cc1F. The van der Waals surface area contributed by atoms with E-state index in [1.807, 2.05) is 42.6 Å². The molecule has 4 aromatic heterocycles. The van der Waals surface area contributed by atoms with Gasteiger partial charge in [-0.1, -0.05) is 16.9 Å². The second kappa shape index (κ2) is 8.55. The zero-order valence-electron chi connectivity index (χ0n) is 22.3. The highest BCUT2D eigenvalue weighted by Crippen LogP contribution is 2.42. The summed E-state index contributed by atoms with van der Waals surface area (Å²) in [6.07, 6.45) is 6.55. The van der Waals surface area contributed by atoms with Gasteiger partial charge in [0.1, 0.15) is 31.0 Å². The number of carbonyl (C=O) groups excluding carboxylic acids is 2. The predicted molar refractivity (Wildman–Crippen MR) is 152 cm³/mol. The van der Waals surface area contributed by atoms with Gasteiger partial charge in [-0.2, -0.15) is 10.2 Å². The van der Waals surface area contributed by atoms with E-state index in [4.69, 9.17) is 5.10 Å². The minimum atomic E-state index is -0.370. The second-order valence-electron chi connectivity index (χ2n) is 11.0. The van der Waals surface area contributed by atoms with Crippen LogP contribution in [-0.4, -0.2) is 54.2 Å². The van der Waals surface area contributed by atoms with Gasteiger partial charge in [0, 0.05) is 41.3 Å². The average molecular weight is 550 g/mol. The Morgan fingerprint density at radius 3 is 2.71 bits per heavy atom. The van der Waals surface area contributed by atoms with E-state index in [9.17, 15) is 9.59 Å². The number of aromatic nitrogens is 6. The molecule has 0 unspecified atom stereocenters. The van der Waals surface area contributed by atoms with Crippen LogP contribution in [0.1, 0.15) is 31.4 Å². The summed E-state index contributed by atoms with van der Waals surface area (Å²) in [7, 11) is 0. The van der Waals surface area contributed by atoms with Crippen LogP contribution in [0.15, 0.2) is 67.1 Å². The van der Waals surface area contributed by atoms with Crippen molar-refractivity contribution in [2.24, 2.45) is 0 Å². The van der Waals surface area contributed by atoms with Crippen molar-refractivity contribution in [1.29, 1.82) is 0 Å². The Balaban J connectivity index is 1.29. The van der Waals surface area contributed by atoms with Crippen molar-refractivity contribution in [3.8, 4) is 11.1 Å². The van der Waals surface area contributed by atoms with E-state index in [1.165, 1.54) is 6.07 Å². The molecule has 41 heavy (non-hydrogen) atoms. The fourth-order valence-electron chi connectivity index (χ4n) is 6.72. The topological polar surface area (TPSA) is 99.1 Å². The number of hydrogen-bond donors (Lipinski definition) is 1. The molecule has 0 saturated carbocycles. The van der Waals surface area contributed by atoms with E-state index in [0.29, 0.717) is 42.6 Å². The lowest BCUT2D eigenvalue weighted by molar-refractivity contribution is -0.137. The molecule has 4 bridgehead atoms. The van der Waals surface area contributed by atoms with Crippen molar-refractivity contribution in [1.82, 2.24) is 33.9 Å². The van der Waals surface area contributed by atoms with Gasteiger partial charge >= 0.3 is 5.91 Å². The number of amides is 2. The summed E-state index contributed by atoms with van der Waals surface area (Å²) in [5.41, 5.74) is 4.91. The van der Waals surface area contributed by atoms with Gasteiger partial charge in [-0.3, -0.25) is 9.48 Å². The molecule has 9 rings (SSSR count). The summed E-state index contributed by atoms with van der Waals surface area (Å²) >= 11 is 0. The van der Waals surface area contributed by atoms with E-state index >= 15 is 4.39 Å². The van der Waals surface area contributed by atoms with Crippen molar-refractivity contribution in [2.45, 2.75) is 32.2 Å². The lowest BCUT2D eigenvalue weighted by Crippen LogP contribution is -2.65. The highest BCUT2D eigenvalue weighted by molar-refractivity contribution is 6.01. The quantitative estimate of drug-likeness (QED) is 0.331. The fourth-order valence-corrected chi connectivity index (χ4v) is 6.72. The van der Waals surface area contributed by atoms with Crippen molar-refractivity contribution >= 4 is 44.8 Å². The minimum absolute atomic E-state index is 0.00311. The summed E-state index contributed by atoms with van der Waals surface area (Å²) in [5.74, 6) is -0.559. The van der Waals surface area contributed by atoms with Crippen LogP contribution in [0.5, 0.6) is 0 Å². The van der Waals surface area contributed by atoms with E-state index in [2.05, 4.69) is 15.5 Å². The molecular formula is C30H26FN8O2+. The molecule has 2 aromatic carbocycles. The first-order chi connectivity index (χ1) is 19.9. The minimum Gasteiger partial charge on any atom is -0.323 e. The maximum Gasteiger partial charge on any atom is 0.336 e. The standard InChI is InChI=1S/C30H25FN8O2/c1-18(40)39-12-8-19(9-13-39)30-29-21(22-15-27-20(14-23(22)31)16-33-38(27)39)4-2-6-26(29)37(35-30)17-28(41)34-24-5-3-11-36-25(24)7-10-32-36/h2-7,10-11,14-16,19H,8-9,12-13,17H2,1H3/p+1. The number of quaternary nitrogens is 1. The van der Waals surface area contributed by atoms with E-state index in [0.717, 1.165) is 33.2 Å². The Hall–Kier alpha value is -4.90. The van der Waals surface area contributed by atoms with Crippen LogP contribution in [-0.2, 0) is 16.1 Å². The molecule has 7 heterocycles. The molecule has 0 aliphatic carbocycles. The number of nitrogens with zero attached hydrogens (tertiary/aromatic N) is 7. The third-order valence-corrected chi connectivity index (χ3v) is 8.77. The average Bonchev–Trinajstić information content (AvgIpc) is 3.70. The Morgan fingerprint density at radius 2 is 1.88 bits per heavy atom. The first kappa shape index (κ1) is 23.9. The molecule has 204 valence electrons. The van der Waals surface area contributed by atoms with Crippen molar-refractivity contribution in [3.05, 3.63) is 78.6 Å². The zero-order valence-corrected chi connectivity index (χ0v) is 22.3. The van der Waals surface area contributed by atoms with Gasteiger partial charge in [-0.15, -0.1) is 9.69 Å². The summed E-state index contributed by atoms with van der Waals surface area (Å²) in [5, 5.41) is 18.3. The van der Waals surface area contributed by atoms with E-state index in [-0.39, 0.29) is 34.7 Å². The van der Waals surface area contributed by atoms with Crippen molar-refractivity contribution in [3.63, 3.8) is 0 Å². The molecule has 3 aliphatic heterocycles. The number of hydrogen-bond acceptors (Lipinski definition) is 5. The number of halogens is 1. The number of carbonyl (C=O) groups is 2. The molecule has 10 nitrogen and oxygen atoms in total. The number of benzene rings is 2. The summed E-state index contributed by atoms with van der Waals surface area (Å²) < 4.78 is 19.2. The second-order valence-corrected chi connectivity index (χ2v) is 11.0. The van der Waals surface area contributed by atoms with Gasteiger partial charge in [-0.25, -0.2) is 13.7 Å². The van der Waals surface area contributed by atoms with Crippen LogP contribution in [0.3, 0.4) is 0 Å². The monoisotopic (exact) mass is 549 g/mol. The number of nitrogens with one attached hydrogen (secondary N) is 1. The van der Waals surface area contributed by atoms with Gasteiger partial charge in [0.2, 0.25) is 5.91 Å². The van der Waals surface area contributed by atoms with E-state index in [1.54, 1.807) is 39.4 Å². The third-order valence-electron chi connectivity index (χ3n) is 8.77. The van der Waals surface area contributed by atoms with Gasteiger partial charge in [-0.05, 0) is 42.0 Å². The smallest absolute Gasteiger partial charge is 0.323 e. The van der Waals surface area contributed by atoms with Gasteiger partial charge in [0.15, 0.2) is 0 Å². The maximum absolute atomic E-state index is 15.7. The number of fused-ring (bicyclic) bond motifs is 3. The predicted octanol–water partition coefficient (Wildman–Crippen LogP) is 4.35. The van der Waals surface area contributed by atoms with Crippen LogP contribution >= 0.6 is 0 Å². The number of anilines is 1. The fraction of sp³-hybridized carbons (Fsp3) is 0.233. The molecule has 1 saturated heterocycles. The van der Waals surface area contributed by atoms with Crippen LogP contribution < -0.4 is 9.91 Å². The first-order valence-corrected chi connectivity index (χ1v) is 13.7. The van der Waals surface area contributed by atoms with Crippen molar-refractivity contribution < 1.29 is 14.0 Å². The molecule has 11 heteroatoms. The Bertz CT molecular complexity index is 2050. The normalized spacial score (nSPS) is 19.7. The lowest BCUT2D eigenvalue weighted by atomic mass is 9.88. The molecule has 2 amide bonds. The number of piperidine rings is 1. The molecule has 1 N–H and O–H groups in total. The Kier molecular flexibility index (Phi) is 4.99. The maximum atomic E-state index is 15.7. The molecule has 0 spiro atoms. The van der Waals surface area contributed by atoms with Crippen LogP contribution in [0.25, 0.3) is 38.4 Å². The molecule has 0 atom stereocenters. The van der Waals surface area contributed by atoms with Gasteiger partial charge < -0.3 is 5.32 Å². The summed E-state index contributed by atoms with van der Waals surface area (Å²) in [6.45, 7) is 2.69. The lowest BCUT2D eigenvalue weighted by Gasteiger charge is -2.39. The largest absolute Gasteiger partial charge is 0.336 e. The molecule has 1 fully saturated rings. The van der Waals surface area contributed by atoms with E-state index < -0.39 is 0 Å². The zero-order chi connectivity index (χ0) is 27.9. The van der Waals surface area contributed by atoms with Gasteiger partial charge in [0.25, 0.3) is 0 Å². The van der Waals surface area contributed by atoms with Crippen LogP contribution in [0.4, 0.5) is 10.1 Å². The first-order valence-electron chi connectivity index (χ1n) is 13.7. The molecule has 6 aromatic rings. The highest BCUT2D eigenvalue weighted by Gasteiger charge is 2.44. The summed E-state index contributed by atoms with van der Waals surface area (Å²) in [4.78, 5) is 28.2.